The Balaban J connectivity index is 2.01. The fourth-order valence-electron chi connectivity index (χ4n) is 3.15. The molecule has 1 atom stereocenters. The van der Waals surface area contributed by atoms with E-state index in [1.54, 1.807) is 18.0 Å². The van der Waals surface area contributed by atoms with Gasteiger partial charge in [0, 0.05) is 29.5 Å². The van der Waals surface area contributed by atoms with E-state index < -0.39 is 5.54 Å². The van der Waals surface area contributed by atoms with Crippen LogP contribution in [-0.4, -0.2) is 18.7 Å². The van der Waals surface area contributed by atoms with Crippen molar-refractivity contribution in [3.05, 3.63) is 59.7 Å². The van der Waals surface area contributed by atoms with E-state index in [2.05, 4.69) is 5.32 Å². The molecule has 0 radical (unpaired) electrons. The molecule has 0 bridgehead atoms. The number of Topliss-reactive ketones (excluding diaryl/α,β-unsaturated/α-hetero) is 1. The molecule has 1 spiro atoms. The van der Waals surface area contributed by atoms with Crippen molar-refractivity contribution in [2.75, 3.05) is 17.3 Å². The zero-order valence-electron chi connectivity index (χ0n) is 10.9. The molecule has 1 N–H and O–H groups in total. The SMILES string of the molecule is CN1C(=O)[C@@]2(Nc3ccccc3C2=O)c2ccccc21. The molecule has 2 aliphatic rings. The topological polar surface area (TPSA) is 49.4 Å². The van der Waals surface area contributed by atoms with Gasteiger partial charge in [-0.05, 0) is 18.2 Å². The highest BCUT2D eigenvalue weighted by Gasteiger charge is 2.59. The van der Waals surface area contributed by atoms with Crippen LogP contribution in [0.1, 0.15) is 15.9 Å². The molecular formula is C16H12N2O2. The number of amides is 1. The van der Waals surface area contributed by atoms with E-state index in [1.165, 1.54) is 0 Å². The third-order valence-corrected chi connectivity index (χ3v) is 4.13. The number of nitrogens with zero attached hydrogens (tertiary/aromatic N) is 1. The minimum Gasteiger partial charge on any atom is -0.361 e. The monoisotopic (exact) mass is 264 g/mol. The number of ketones is 1. The molecule has 2 aliphatic heterocycles. The van der Waals surface area contributed by atoms with Crippen molar-refractivity contribution in [2.45, 2.75) is 5.54 Å². The van der Waals surface area contributed by atoms with Gasteiger partial charge in [-0.15, -0.1) is 0 Å². The summed E-state index contributed by atoms with van der Waals surface area (Å²) in [4.78, 5) is 27.1. The maximum Gasteiger partial charge on any atom is 0.265 e. The first-order chi connectivity index (χ1) is 9.66. The standard InChI is InChI=1S/C16H12N2O2/c1-18-13-9-5-3-7-11(13)16(15(18)20)14(19)10-6-2-4-8-12(10)17-16/h2-9,17H,1H3/t16-/m1/s1. The lowest BCUT2D eigenvalue weighted by atomic mass is 9.87. The molecular weight excluding hydrogens is 252 g/mol. The molecule has 1 amide bonds. The summed E-state index contributed by atoms with van der Waals surface area (Å²) in [7, 11) is 1.70. The van der Waals surface area contributed by atoms with E-state index in [4.69, 9.17) is 0 Å². The van der Waals surface area contributed by atoms with E-state index in [9.17, 15) is 9.59 Å². The fourth-order valence-corrected chi connectivity index (χ4v) is 3.15. The Labute approximate surface area is 116 Å². The predicted octanol–water partition coefficient (Wildman–Crippen LogP) is 2.17. The number of hydrogen-bond acceptors (Lipinski definition) is 3. The van der Waals surface area contributed by atoms with Crippen LogP contribution in [0.15, 0.2) is 48.5 Å². The molecule has 98 valence electrons. The van der Waals surface area contributed by atoms with Gasteiger partial charge in [0.25, 0.3) is 5.91 Å². The number of rotatable bonds is 0. The number of likely N-dealkylation sites (N-methyl/N-ethyl adjacent to an activating group) is 1. The van der Waals surface area contributed by atoms with Crippen LogP contribution in [0.25, 0.3) is 0 Å². The van der Waals surface area contributed by atoms with Gasteiger partial charge in [0.15, 0.2) is 0 Å². The van der Waals surface area contributed by atoms with Gasteiger partial charge < -0.3 is 10.2 Å². The van der Waals surface area contributed by atoms with Crippen LogP contribution in [0, 0.1) is 0 Å². The van der Waals surface area contributed by atoms with Gasteiger partial charge in [-0.1, -0.05) is 30.3 Å². The summed E-state index contributed by atoms with van der Waals surface area (Å²) < 4.78 is 0. The van der Waals surface area contributed by atoms with Crippen LogP contribution < -0.4 is 10.2 Å². The van der Waals surface area contributed by atoms with Crippen LogP contribution >= 0.6 is 0 Å². The molecule has 20 heavy (non-hydrogen) atoms. The van der Waals surface area contributed by atoms with Gasteiger partial charge >= 0.3 is 0 Å². The second kappa shape index (κ2) is 3.48. The molecule has 4 nitrogen and oxygen atoms in total. The summed E-state index contributed by atoms with van der Waals surface area (Å²) in [6, 6.07) is 14.7. The first-order valence-electron chi connectivity index (χ1n) is 6.46. The van der Waals surface area contributed by atoms with Crippen molar-refractivity contribution in [1.29, 1.82) is 0 Å². The van der Waals surface area contributed by atoms with Crippen LogP contribution in [0.2, 0.25) is 0 Å². The second-order valence-electron chi connectivity index (χ2n) is 5.13. The minimum atomic E-state index is -1.28. The number of carbonyl (C=O) groups excluding carboxylic acids is 2. The average Bonchev–Trinajstić information content (AvgIpc) is 2.90. The predicted molar refractivity (Wildman–Crippen MR) is 75.9 cm³/mol. The molecule has 2 heterocycles. The maximum atomic E-state index is 12.8. The van der Waals surface area contributed by atoms with Crippen molar-refractivity contribution >= 4 is 23.1 Å². The molecule has 0 aromatic heterocycles. The number of hydrogen-bond donors (Lipinski definition) is 1. The third-order valence-electron chi connectivity index (χ3n) is 4.13. The number of anilines is 2. The van der Waals surface area contributed by atoms with Crippen LogP contribution in [-0.2, 0) is 10.3 Å². The van der Waals surface area contributed by atoms with Gasteiger partial charge in [0.1, 0.15) is 0 Å². The van der Waals surface area contributed by atoms with Crippen LogP contribution in [0.4, 0.5) is 11.4 Å². The lowest BCUT2D eigenvalue weighted by Gasteiger charge is -2.21. The third kappa shape index (κ3) is 1.08. The van der Waals surface area contributed by atoms with Crippen molar-refractivity contribution in [3.63, 3.8) is 0 Å². The number of benzene rings is 2. The van der Waals surface area contributed by atoms with Crippen molar-refractivity contribution < 1.29 is 9.59 Å². The average molecular weight is 264 g/mol. The first-order valence-corrected chi connectivity index (χ1v) is 6.46. The molecule has 2 aromatic rings. The Bertz CT molecular complexity index is 769. The molecule has 0 saturated carbocycles. The van der Waals surface area contributed by atoms with Crippen molar-refractivity contribution in [2.24, 2.45) is 0 Å². The highest BCUT2D eigenvalue weighted by atomic mass is 16.2. The van der Waals surface area contributed by atoms with Gasteiger partial charge in [-0.2, -0.15) is 0 Å². The Hall–Kier alpha value is -2.62. The highest BCUT2D eigenvalue weighted by Crippen LogP contribution is 2.47. The fraction of sp³-hybridized carbons (Fsp3) is 0.125. The highest BCUT2D eigenvalue weighted by molar-refractivity contribution is 6.31. The number of para-hydroxylation sites is 2. The summed E-state index contributed by atoms with van der Waals surface area (Å²) in [5.74, 6) is -0.394. The summed E-state index contributed by atoms with van der Waals surface area (Å²) >= 11 is 0. The number of carbonyl (C=O) groups is 2. The molecule has 0 fully saturated rings. The van der Waals surface area contributed by atoms with Gasteiger partial charge in [0.05, 0.1) is 0 Å². The van der Waals surface area contributed by atoms with Gasteiger partial charge in [-0.3, -0.25) is 9.59 Å². The maximum absolute atomic E-state index is 12.8. The Morgan fingerprint density at radius 1 is 1.00 bits per heavy atom. The molecule has 2 aromatic carbocycles. The molecule has 4 rings (SSSR count). The summed E-state index contributed by atoms with van der Waals surface area (Å²) in [6.45, 7) is 0. The van der Waals surface area contributed by atoms with E-state index in [-0.39, 0.29) is 11.7 Å². The van der Waals surface area contributed by atoms with E-state index in [1.807, 2.05) is 42.5 Å². The number of fused-ring (bicyclic) bond motifs is 3. The smallest absolute Gasteiger partial charge is 0.265 e. The van der Waals surface area contributed by atoms with Crippen molar-refractivity contribution in [3.8, 4) is 0 Å². The zero-order valence-corrected chi connectivity index (χ0v) is 10.9. The summed E-state index contributed by atoms with van der Waals surface area (Å²) in [6.07, 6.45) is 0. The van der Waals surface area contributed by atoms with Crippen LogP contribution in [0.3, 0.4) is 0 Å². The van der Waals surface area contributed by atoms with Gasteiger partial charge in [0.2, 0.25) is 11.3 Å². The Kier molecular flexibility index (Phi) is 1.95. The molecule has 0 aliphatic carbocycles. The lowest BCUT2D eigenvalue weighted by molar-refractivity contribution is -0.120. The quantitative estimate of drug-likeness (QED) is 0.742. The molecule has 0 saturated heterocycles. The zero-order chi connectivity index (χ0) is 13.9. The Morgan fingerprint density at radius 3 is 2.50 bits per heavy atom. The molecule has 0 unspecified atom stereocenters. The lowest BCUT2D eigenvalue weighted by Crippen LogP contribution is -2.47. The number of nitrogens with one attached hydrogen (secondary N) is 1. The largest absolute Gasteiger partial charge is 0.361 e. The van der Waals surface area contributed by atoms with E-state index >= 15 is 0 Å². The summed E-state index contributed by atoms with van der Waals surface area (Å²) in [5.41, 5.74) is 1.52. The van der Waals surface area contributed by atoms with Crippen LogP contribution in [0.5, 0.6) is 0 Å². The Morgan fingerprint density at radius 2 is 1.70 bits per heavy atom. The summed E-state index contributed by atoms with van der Waals surface area (Å²) in [5, 5.41) is 3.16. The normalized spacial score (nSPS) is 22.9. The second-order valence-corrected chi connectivity index (χ2v) is 5.13. The molecule has 4 heteroatoms. The van der Waals surface area contributed by atoms with E-state index in [0.717, 1.165) is 16.9 Å². The van der Waals surface area contributed by atoms with Crippen molar-refractivity contribution in [1.82, 2.24) is 0 Å². The van der Waals surface area contributed by atoms with E-state index in [0.29, 0.717) is 5.56 Å². The van der Waals surface area contributed by atoms with Gasteiger partial charge in [-0.25, -0.2) is 0 Å². The first kappa shape index (κ1) is 11.2. The minimum absolute atomic E-state index is 0.171.